The van der Waals surface area contributed by atoms with Crippen molar-refractivity contribution in [3.8, 4) is 5.75 Å². The van der Waals surface area contributed by atoms with E-state index in [1.807, 2.05) is 0 Å². The highest BCUT2D eigenvalue weighted by Crippen LogP contribution is 2.37. The molecule has 0 radical (unpaired) electrons. The van der Waals surface area contributed by atoms with E-state index in [-0.39, 0.29) is 40.0 Å². The molecule has 1 fully saturated rings. The van der Waals surface area contributed by atoms with Gasteiger partial charge in [0, 0.05) is 24.2 Å². The van der Waals surface area contributed by atoms with Crippen molar-refractivity contribution >= 4 is 34.1 Å². The molecule has 6 nitrogen and oxygen atoms in total. The Morgan fingerprint density at radius 3 is 2.71 bits per heavy atom. The summed E-state index contributed by atoms with van der Waals surface area (Å²) in [6.45, 7) is 0.243. The number of carbonyl (C=O) groups is 1. The fourth-order valence-electron chi connectivity index (χ4n) is 3.16. The summed E-state index contributed by atoms with van der Waals surface area (Å²) in [6, 6.07) is 7.21. The van der Waals surface area contributed by atoms with Gasteiger partial charge in [-0.05, 0) is 42.7 Å². The standard InChI is InChI=1S/C20H17ClFN3O3/c21-14-7-17-12(6-15(14)22)19(27)13(9-25(17)11-2-3-11)20(28)24-16-4-1-10(8-23)5-18(16)26/h1,4-7,9,11,26H,2-3,8,23H2,(H,24,28). The zero-order valence-electron chi connectivity index (χ0n) is 14.7. The first-order valence-electron chi connectivity index (χ1n) is 8.76. The number of hydrogen-bond acceptors (Lipinski definition) is 4. The van der Waals surface area contributed by atoms with Crippen LogP contribution in [0.3, 0.4) is 0 Å². The summed E-state index contributed by atoms with van der Waals surface area (Å²) < 4.78 is 15.7. The summed E-state index contributed by atoms with van der Waals surface area (Å²) in [5.74, 6) is -1.56. The molecule has 28 heavy (non-hydrogen) atoms. The minimum atomic E-state index is -0.721. The maximum Gasteiger partial charge on any atom is 0.261 e. The van der Waals surface area contributed by atoms with Crippen LogP contribution in [-0.4, -0.2) is 15.6 Å². The number of pyridine rings is 1. The fourth-order valence-corrected chi connectivity index (χ4v) is 3.32. The Hall–Kier alpha value is -2.90. The molecule has 0 spiro atoms. The largest absolute Gasteiger partial charge is 0.506 e. The van der Waals surface area contributed by atoms with Crippen LogP contribution < -0.4 is 16.5 Å². The van der Waals surface area contributed by atoms with Crippen molar-refractivity contribution in [3.05, 3.63) is 68.7 Å². The van der Waals surface area contributed by atoms with Crippen molar-refractivity contribution in [2.75, 3.05) is 5.32 Å². The number of fused-ring (bicyclic) bond motifs is 1. The summed E-state index contributed by atoms with van der Waals surface area (Å²) in [6.07, 6.45) is 3.27. The first-order valence-corrected chi connectivity index (χ1v) is 9.14. The zero-order chi connectivity index (χ0) is 20.0. The van der Waals surface area contributed by atoms with Gasteiger partial charge in [-0.3, -0.25) is 9.59 Å². The van der Waals surface area contributed by atoms with Crippen LogP contribution in [0.1, 0.15) is 34.8 Å². The third kappa shape index (κ3) is 3.23. The van der Waals surface area contributed by atoms with Crippen molar-refractivity contribution in [1.82, 2.24) is 4.57 Å². The summed E-state index contributed by atoms with van der Waals surface area (Å²) in [7, 11) is 0. The average Bonchev–Trinajstić information content (AvgIpc) is 3.50. The van der Waals surface area contributed by atoms with E-state index in [1.54, 1.807) is 10.6 Å². The summed E-state index contributed by atoms with van der Waals surface area (Å²) in [5, 5.41) is 12.6. The predicted octanol–water partition coefficient (Wildman–Crippen LogP) is 3.55. The van der Waals surface area contributed by atoms with E-state index in [0.29, 0.717) is 11.1 Å². The van der Waals surface area contributed by atoms with E-state index in [1.165, 1.54) is 24.4 Å². The van der Waals surface area contributed by atoms with Crippen LogP contribution in [-0.2, 0) is 6.54 Å². The van der Waals surface area contributed by atoms with Crippen LogP contribution in [0.15, 0.2) is 41.3 Å². The van der Waals surface area contributed by atoms with Gasteiger partial charge in [-0.15, -0.1) is 0 Å². The van der Waals surface area contributed by atoms with E-state index < -0.39 is 17.2 Å². The lowest BCUT2D eigenvalue weighted by Gasteiger charge is -2.14. The van der Waals surface area contributed by atoms with Gasteiger partial charge >= 0.3 is 0 Å². The minimum absolute atomic E-state index is 0.0802. The normalized spacial score (nSPS) is 13.7. The summed E-state index contributed by atoms with van der Waals surface area (Å²) >= 11 is 5.88. The lowest BCUT2D eigenvalue weighted by atomic mass is 10.1. The Balaban J connectivity index is 1.80. The second-order valence-electron chi connectivity index (χ2n) is 6.80. The molecule has 0 saturated heterocycles. The van der Waals surface area contributed by atoms with Crippen LogP contribution in [0, 0.1) is 5.82 Å². The van der Waals surface area contributed by atoms with Gasteiger partial charge in [-0.25, -0.2) is 4.39 Å². The Morgan fingerprint density at radius 1 is 1.32 bits per heavy atom. The third-order valence-electron chi connectivity index (χ3n) is 4.81. The lowest BCUT2D eigenvalue weighted by Crippen LogP contribution is -2.24. The van der Waals surface area contributed by atoms with Gasteiger partial charge in [0.05, 0.1) is 16.2 Å². The SMILES string of the molecule is NCc1ccc(NC(=O)c2cn(C3CC3)c3cc(Cl)c(F)cc3c2=O)c(O)c1. The van der Waals surface area contributed by atoms with E-state index >= 15 is 0 Å². The average molecular weight is 402 g/mol. The van der Waals surface area contributed by atoms with Crippen molar-refractivity contribution < 1.29 is 14.3 Å². The molecular formula is C20H17ClFN3O3. The molecule has 3 aromatic rings. The fraction of sp³-hybridized carbons (Fsp3) is 0.200. The van der Waals surface area contributed by atoms with Crippen molar-refractivity contribution in [3.63, 3.8) is 0 Å². The quantitative estimate of drug-likeness (QED) is 0.582. The third-order valence-corrected chi connectivity index (χ3v) is 5.09. The molecule has 1 aliphatic carbocycles. The van der Waals surface area contributed by atoms with Gasteiger partial charge < -0.3 is 20.7 Å². The number of phenols is 1. The number of amides is 1. The number of phenolic OH excluding ortho intramolecular Hbond substituents is 1. The smallest absolute Gasteiger partial charge is 0.261 e. The maximum atomic E-state index is 14.0. The van der Waals surface area contributed by atoms with E-state index in [0.717, 1.165) is 18.9 Å². The van der Waals surface area contributed by atoms with Gasteiger partial charge in [0.1, 0.15) is 17.1 Å². The van der Waals surface area contributed by atoms with E-state index in [4.69, 9.17) is 17.3 Å². The molecule has 1 heterocycles. The number of benzene rings is 2. The molecule has 0 unspecified atom stereocenters. The Bertz CT molecular complexity index is 1170. The van der Waals surface area contributed by atoms with Crippen molar-refractivity contribution in [2.45, 2.75) is 25.4 Å². The molecule has 1 saturated carbocycles. The number of halogens is 2. The lowest BCUT2D eigenvalue weighted by molar-refractivity contribution is 0.102. The Kier molecular flexibility index (Phi) is 4.56. The van der Waals surface area contributed by atoms with E-state index in [9.17, 15) is 19.1 Å². The molecule has 2 aromatic carbocycles. The monoisotopic (exact) mass is 401 g/mol. The highest BCUT2D eigenvalue weighted by molar-refractivity contribution is 6.31. The van der Waals surface area contributed by atoms with Crippen LogP contribution in [0.2, 0.25) is 5.02 Å². The molecule has 1 aliphatic rings. The molecule has 0 bridgehead atoms. The Morgan fingerprint density at radius 2 is 2.07 bits per heavy atom. The van der Waals surface area contributed by atoms with Crippen LogP contribution in [0.5, 0.6) is 5.75 Å². The topological polar surface area (TPSA) is 97.4 Å². The predicted molar refractivity (Wildman–Crippen MR) is 105 cm³/mol. The number of nitrogens with zero attached hydrogens (tertiary/aromatic N) is 1. The highest BCUT2D eigenvalue weighted by atomic mass is 35.5. The number of nitrogens with one attached hydrogen (secondary N) is 1. The Labute approximate surface area is 164 Å². The number of anilines is 1. The molecule has 1 amide bonds. The molecule has 4 N–H and O–H groups in total. The van der Waals surface area contributed by atoms with Crippen LogP contribution >= 0.6 is 11.6 Å². The zero-order valence-corrected chi connectivity index (χ0v) is 15.5. The molecule has 8 heteroatoms. The van der Waals surface area contributed by atoms with E-state index in [2.05, 4.69) is 5.32 Å². The highest BCUT2D eigenvalue weighted by Gasteiger charge is 2.27. The first kappa shape index (κ1) is 18.5. The molecule has 1 aromatic heterocycles. The molecule has 144 valence electrons. The van der Waals surface area contributed by atoms with Gasteiger partial charge in [-0.2, -0.15) is 0 Å². The maximum absolute atomic E-state index is 14.0. The van der Waals surface area contributed by atoms with Crippen LogP contribution in [0.4, 0.5) is 10.1 Å². The minimum Gasteiger partial charge on any atom is -0.506 e. The van der Waals surface area contributed by atoms with Crippen molar-refractivity contribution in [1.29, 1.82) is 0 Å². The summed E-state index contributed by atoms with van der Waals surface area (Å²) in [4.78, 5) is 25.6. The van der Waals surface area contributed by atoms with Gasteiger partial charge in [0.15, 0.2) is 0 Å². The number of aromatic hydroxyl groups is 1. The molecule has 0 atom stereocenters. The summed E-state index contributed by atoms with van der Waals surface area (Å²) in [5.41, 5.74) is 6.13. The van der Waals surface area contributed by atoms with Gasteiger partial charge in [0.2, 0.25) is 5.43 Å². The van der Waals surface area contributed by atoms with Crippen molar-refractivity contribution in [2.24, 2.45) is 5.73 Å². The van der Waals surface area contributed by atoms with Gasteiger partial charge in [-0.1, -0.05) is 17.7 Å². The molecule has 4 rings (SSSR count). The number of rotatable bonds is 4. The molecule has 0 aliphatic heterocycles. The number of aromatic nitrogens is 1. The number of carbonyl (C=O) groups excluding carboxylic acids is 1. The van der Waals surface area contributed by atoms with Gasteiger partial charge in [0.25, 0.3) is 5.91 Å². The van der Waals surface area contributed by atoms with Crippen LogP contribution in [0.25, 0.3) is 10.9 Å². The second kappa shape index (κ2) is 6.92. The molecular weight excluding hydrogens is 385 g/mol. The number of nitrogens with two attached hydrogens (primary N) is 1. The first-order chi connectivity index (χ1) is 13.4. The second-order valence-corrected chi connectivity index (χ2v) is 7.21. The number of hydrogen-bond donors (Lipinski definition) is 3.